The van der Waals surface area contributed by atoms with Crippen molar-refractivity contribution < 1.29 is 13.9 Å². The van der Waals surface area contributed by atoms with Crippen molar-refractivity contribution in [3.05, 3.63) is 53.3 Å². The molecule has 3 aliphatic rings. The zero-order valence-corrected chi connectivity index (χ0v) is 20.4. The maximum atomic E-state index is 15.1. The van der Waals surface area contributed by atoms with Gasteiger partial charge in [0.1, 0.15) is 18.3 Å². The molecule has 1 spiro atoms. The molecule has 1 aromatic carbocycles. The van der Waals surface area contributed by atoms with Crippen LogP contribution in [0, 0.1) is 19.3 Å². The molecule has 1 amide bonds. The fourth-order valence-electron chi connectivity index (χ4n) is 4.97. The lowest BCUT2D eigenvalue weighted by atomic mass is 9.75. The molecule has 0 radical (unpaired) electrons. The van der Waals surface area contributed by atoms with Gasteiger partial charge in [-0.05, 0) is 62.2 Å². The van der Waals surface area contributed by atoms with Crippen LogP contribution in [0.15, 0.2) is 30.5 Å². The van der Waals surface area contributed by atoms with Crippen LogP contribution in [0.25, 0.3) is 4.85 Å². The van der Waals surface area contributed by atoms with Gasteiger partial charge >= 0.3 is 0 Å². The van der Waals surface area contributed by atoms with Gasteiger partial charge in [0.25, 0.3) is 11.7 Å². The zero-order chi connectivity index (χ0) is 24.6. The number of aryl methyl sites for hydroxylation is 1. The minimum Gasteiger partial charge on any atom is -0.489 e. The Balaban J connectivity index is 1.37. The molecule has 10 heteroatoms. The monoisotopic (exact) mass is 494 g/mol. The van der Waals surface area contributed by atoms with Crippen molar-refractivity contribution in [1.29, 1.82) is 0 Å². The van der Waals surface area contributed by atoms with E-state index in [4.69, 9.17) is 23.5 Å². The first-order valence-corrected chi connectivity index (χ1v) is 12.2. The number of pyridine rings is 1. The summed E-state index contributed by atoms with van der Waals surface area (Å²) in [6, 6.07) is 6.52. The Bertz CT molecular complexity index is 1200. The normalized spacial score (nSPS) is 19.7. The van der Waals surface area contributed by atoms with E-state index in [1.165, 1.54) is 17.2 Å². The van der Waals surface area contributed by atoms with Gasteiger partial charge in [0.05, 0.1) is 5.69 Å². The average molecular weight is 495 g/mol. The van der Waals surface area contributed by atoms with Crippen molar-refractivity contribution in [1.82, 2.24) is 15.2 Å². The second-order valence-corrected chi connectivity index (χ2v) is 9.51. The van der Waals surface area contributed by atoms with Crippen LogP contribution in [0.3, 0.4) is 0 Å². The van der Waals surface area contributed by atoms with Gasteiger partial charge in [-0.2, -0.15) is 0 Å². The van der Waals surface area contributed by atoms with Crippen LogP contribution in [0.2, 0.25) is 0 Å². The summed E-state index contributed by atoms with van der Waals surface area (Å²) in [7, 11) is 0. The molecular formula is C25H27FN6O2S. The molecule has 2 saturated heterocycles. The number of carbonyl (C=O) groups is 1. The third-order valence-corrected chi connectivity index (χ3v) is 7.41. The minimum atomic E-state index is -0.819. The first-order chi connectivity index (χ1) is 16.9. The number of piperazine rings is 1. The summed E-state index contributed by atoms with van der Waals surface area (Å²) >= 11 is 5.75. The molecule has 3 fully saturated rings. The molecule has 5 rings (SSSR count). The zero-order valence-electron chi connectivity index (χ0n) is 19.6. The molecule has 2 aromatic rings. The van der Waals surface area contributed by atoms with Gasteiger partial charge < -0.3 is 19.8 Å². The van der Waals surface area contributed by atoms with Crippen LogP contribution < -0.4 is 19.9 Å². The van der Waals surface area contributed by atoms with Gasteiger partial charge in [0.2, 0.25) is 0 Å². The molecule has 1 N–H and O–H groups in total. The maximum absolute atomic E-state index is 15.1. The van der Waals surface area contributed by atoms with Crippen molar-refractivity contribution in [2.75, 3.05) is 49.1 Å². The third-order valence-electron chi connectivity index (χ3n) is 7.04. The average Bonchev–Trinajstić information content (AvgIpc) is 3.07. The number of amides is 1. The number of halogens is 1. The maximum Gasteiger partial charge on any atom is 0.272 e. The second-order valence-electron chi connectivity index (χ2n) is 9.14. The minimum absolute atomic E-state index is 0.137. The molecular weight excluding hydrogens is 467 g/mol. The number of thiocarbonyl (C=S) groups is 1. The SMILES string of the molecule is [C-]#[N+]c1ncc(N2C(=O)C3(CCC3)N(c3ccc(OCCN4CCNCC4)c(F)c3)C2=S)cc1C. The van der Waals surface area contributed by atoms with E-state index >= 15 is 4.39 Å². The van der Waals surface area contributed by atoms with Gasteiger partial charge in [0.15, 0.2) is 16.7 Å². The van der Waals surface area contributed by atoms with E-state index in [-0.39, 0.29) is 17.5 Å². The van der Waals surface area contributed by atoms with E-state index in [2.05, 4.69) is 20.0 Å². The van der Waals surface area contributed by atoms with E-state index in [1.807, 2.05) is 0 Å². The fraction of sp³-hybridized carbons (Fsp3) is 0.440. The first kappa shape index (κ1) is 23.6. The fourth-order valence-corrected chi connectivity index (χ4v) is 5.43. The van der Waals surface area contributed by atoms with Gasteiger partial charge in [-0.25, -0.2) is 4.39 Å². The van der Waals surface area contributed by atoms with Crippen LogP contribution in [0.4, 0.5) is 21.6 Å². The number of nitrogens with one attached hydrogen (secondary N) is 1. The summed E-state index contributed by atoms with van der Waals surface area (Å²) in [5.74, 6) is -0.141. The number of ether oxygens (including phenoxy) is 1. The molecule has 0 unspecified atom stereocenters. The van der Waals surface area contributed by atoms with Gasteiger partial charge in [0, 0.05) is 44.5 Å². The molecule has 3 heterocycles. The van der Waals surface area contributed by atoms with Crippen LogP contribution in [-0.4, -0.2) is 65.8 Å². The topological polar surface area (TPSA) is 65.3 Å². The number of carbonyl (C=O) groups excluding carboxylic acids is 1. The van der Waals surface area contributed by atoms with Crippen LogP contribution in [-0.2, 0) is 4.79 Å². The highest BCUT2D eigenvalue weighted by Crippen LogP contribution is 2.48. The lowest BCUT2D eigenvalue weighted by Crippen LogP contribution is -2.55. The highest BCUT2D eigenvalue weighted by molar-refractivity contribution is 7.81. The number of hydrogen-bond donors (Lipinski definition) is 1. The number of benzene rings is 1. The molecule has 0 atom stereocenters. The third kappa shape index (κ3) is 4.14. The Kier molecular flexibility index (Phi) is 6.40. The first-order valence-electron chi connectivity index (χ1n) is 11.8. The van der Waals surface area contributed by atoms with Crippen LogP contribution in [0.1, 0.15) is 24.8 Å². The molecule has 1 saturated carbocycles. The second kappa shape index (κ2) is 9.49. The summed E-state index contributed by atoms with van der Waals surface area (Å²) in [5, 5.41) is 3.60. The predicted molar refractivity (Wildman–Crippen MR) is 136 cm³/mol. The van der Waals surface area contributed by atoms with E-state index in [0.717, 1.165) is 39.1 Å². The van der Waals surface area contributed by atoms with Crippen molar-refractivity contribution in [3.63, 3.8) is 0 Å². The molecule has 2 aliphatic heterocycles. The molecule has 1 aromatic heterocycles. The smallest absolute Gasteiger partial charge is 0.272 e. The van der Waals surface area contributed by atoms with Crippen molar-refractivity contribution >= 4 is 40.4 Å². The summed E-state index contributed by atoms with van der Waals surface area (Å²) in [6.07, 6.45) is 3.66. The number of anilines is 2. The summed E-state index contributed by atoms with van der Waals surface area (Å²) in [6.45, 7) is 14.0. The van der Waals surface area contributed by atoms with Crippen LogP contribution in [0.5, 0.6) is 5.75 Å². The van der Waals surface area contributed by atoms with E-state index < -0.39 is 11.4 Å². The Morgan fingerprint density at radius 3 is 2.66 bits per heavy atom. The Hall–Kier alpha value is -3.13. The lowest BCUT2D eigenvalue weighted by molar-refractivity contribution is -0.123. The van der Waals surface area contributed by atoms with Gasteiger partial charge in [-0.15, -0.1) is 4.98 Å². The summed E-state index contributed by atoms with van der Waals surface area (Å²) < 4.78 is 20.8. The molecule has 35 heavy (non-hydrogen) atoms. The van der Waals surface area contributed by atoms with Crippen molar-refractivity contribution in [2.45, 2.75) is 31.7 Å². The van der Waals surface area contributed by atoms with Gasteiger partial charge in [-0.1, -0.05) is 6.57 Å². The number of hydrogen-bond acceptors (Lipinski definition) is 6. The molecule has 1 aliphatic carbocycles. The summed E-state index contributed by atoms with van der Waals surface area (Å²) in [4.78, 5) is 26.7. The van der Waals surface area contributed by atoms with Crippen molar-refractivity contribution in [3.8, 4) is 5.75 Å². The van der Waals surface area contributed by atoms with E-state index in [9.17, 15) is 4.79 Å². The Morgan fingerprint density at radius 1 is 1.26 bits per heavy atom. The number of aromatic nitrogens is 1. The molecule has 182 valence electrons. The van der Waals surface area contributed by atoms with Gasteiger partial charge in [-0.3, -0.25) is 14.6 Å². The Labute approximate surface area is 209 Å². The highest BCUT2D eigenvalue weighted by atomic mass is 32.1. The molecule has 8 nitrogen and oxygen atoms in total. The molecule has 0 bridgehead atoms. The Morgan fingerprint density at radius 2 is 2.03 bits per heavy atom. The standard InChI is InChI=1S/C25H27FN6O2S/c1-17-14-19(16-29-22(17)27-2)31-23(33)25(6-3-7-25)32(24(31)35)18-4-5-21(20(26)15-18)34-13-12-30-10-8-28-9-11-30/h4-5,14-16,28H,3,6-13H2,1H3. The highest BCUT2D eigenvalue weighted by Gasteiger charge is 2.59. The van der Waals surface area contributed by atoms with E-state index in [0.29, 0.717) is 41.5 Å². The summed E-state index contributed by atoms with van der Waals surface area (Å²) in [5.41, 5.74) is 0.898. The van der Waals surface area contributed by atoms with Crippen molar-refractivity contribution in [2.24, 2.45) is 0 Å². The number of rotatable bonds is 6. The largest absolute Gasteiger partial charge is 0.489 e. The quantitative estimate of drug-likeness (QED) is 0.488. The number of nitrogens with zero attached hydrogens (tertiary/aromatic N) is 5. The van der Waals surface area contributed by atoms with Crippen LogP contribution >= 0.6 is 12.2 Å². The van der Waals surface area contributed by atoms with E-state index in [1.54, 1.807) is 30.0 Å². The predicted octanol–water partition coefficient (Wildman–Crippen LogP) is 3.42. The lowest BCUT2D eigenvalue weighted by Gasteiger charge is -2.43.